The maximum absolute atomic E-state index is 12.7. The highest BCUT2D eigenvalue weighted by atomic mass is 16.5. The van der Waals surface area contributed by atoms with Crippen LogP contribution in [0.15, 0.2) is 0 Å². The van der Waals surface area contributed by atoms with Crippen molar-refractivity contribution in [2.45, 2.75) is 65.0 Å². The van der Waals surface area contributed by atoms with Gasteiger partial charge in [-0.2, -0.15) is 0 Å². The summed E-state index contributed by atoms with van der Waals surface area (Å²) in [6, 6.07) is 0.289. The Balaban J connectivity index is 2.14. The molecule has 2 fully saturated rings. The summed E-state index contributed by atoms with van der Waals surface area (Å²) in [5.74, 6) is 1.13. The summed E-state index contributed by atoms with van der Waals surface area (Å²) in [5, 5.41) is 3.59. The third-order valence-corrected chi connectivity index (χ3v) is 4.67. The van der Waals surface area contributed by atoms with Gasteiger partial charge < -0.3 is 9.64 Å². The molecule has 0 spiro atoms. The molecular weight excluding hydrogens is 264 g/mol. The lowest BCUT2D eigenvalue weighted by atomic mass is 9.89. The van der Waals surface area contributed by atoms with Crippen LogP contribution in [0.1, 0.15) is 53.4 Å². The van der Waals surface area contributed by atoms with Crippen LogP contribution in [0, 0.1) is 11.8 Å². The molecule has 1 aliphatic carbocycles. The average molecular weight is 296 g/mol. The van der Waals surface area contributed by atoms with Gasteiger partial charge in [-0.3, -0.25) is 5.32 Å². The van der Waals surface area contributed by atoms with Crippen molar-refractivity contribution in [1.82, 2.24) is 10.2 Å². The minimum absolute atomic E-state index is 0.0422. The molecule has 0 bridgehead atoms. The van der Waals surface area contributed by atoms with Gasteiger partial charge in [0.2, 0.25) is 0 Å². The second-order valence-corrected chi connectivity index (χ2v) is 7.25. The van der Waals surface area contributed by atoms with Crippen molar-refractivity contribution in [1.29, 1.82) is 0 Å². The van der Waals surface area contributed by atoms with Crippen LogP contribution in [0.4, 0.5) is 0 Å². The van der Waals surface area contributed by atoms with E-state index in [2.05, 4.69) is 31.0 Å². The Morgan fingerprint density at radius 1 is 1.38 bits per heavy atom. The first-order valence-corrected chi connectivity index (χ1v) is 8.65. The molecule has 2 unspecified atom stereocenters. The van der Waals surface area contributed by atoms with Gasteiger partial charge in [-0.15, -0.1) is 0 Å². The predicted octanol–water partition coefficient (Wildman–Crippen LogP) is 2.43. The van der Waals surface area contributed by atoms with E-state index in [1.165, 1.54) is 12.8 Å². The van der Waals surface area contributed by atoms with Gasteiger partial charge in [-0.25, -0.2) is 4.79 Å². The Morgan fingerprint density at radius 3 is 2.62 bits per heavy atom. The molecule has 4 nitrogen and oxygen atoms in total. The van der Waals surface area contributed by atoms with E-state index in [-0.39, 0.29) is 12.0 Å². The summed E-state index contributed by atoms with van der Waals surface area (Å²) >= 11 is 0. The molecule has 4 heteroatoms. The first-order chi connectivity index (χ1) is 9.98. The molecule has 1 heterocycles. The Kier molecular flexibility index (Phi) is 5.67. The van der Waals surface area contributed by atoms with Gasteiger partial charge in [-0.1, -0.05) is 6.92 Å². The van der Waals surface area contributed by atoms with Crippen molar-refractivity contribution in [3.8, 4) is 0 Å². The van der Waals surface area contributed by atoms with E-state index < -0.39 is 5.54 Å². The smallest absolute Gasteiger partial charge is 0.327 e. The zero-order valence-electron chi connectivity index (χ0n) is 14.2. The molecule has 2 aliphatic rings. The Labute approximate surface area is 129 Å². The Hall–Kier alpha value is -0.610. The summed E-state index contributed by atoms with van der Waals surface area (Å²) < 4.78 is 5.45. The van der Waals surface area contributed by atoms with Crippen molar-refractivity contribution in [3.05, 3.63) is 0 Å². The predicted molar refractivity (Wildman–Crippen MR) is 85.2 cm³/mol. The van der Waals surface area contributed by atoms with Gasteiger partial charge in [0.15, 0.2) is 0 Å². The number of nitrogens with one attached hydrogen (secondary N) is 1. The summed E-state index contributed by atoms with van der Waals surface area (Å²) in [5.41, 5.74) is -0.499. The highest BCUT2D eigenvalue weighted by Gasteiger charge is 2.53. The molecular formula is C17H32N2O2. The van der Waals surface area contributed by atoms with Gasteiger partial charge in [0.25, 0.3) is 0 Å². The van der Waals surface area contributed by atoms with Crippen LogP contribution >= 0.6 is 0 Å². The lowest BCUT2D eigenvalue weighted by Gasteiger charge is -2.41. The largest absolute Gasteiger partial charge is 0.465 e. The van der Waals surface area contributed by atoms with Crippen LogP contribution in [0.3, 0.4) is 0 Å². The van der Waals surface area contributed by atoms with Crippen molar-refractivity contribution in [2.24, 2.45) is 11.8 Å². The van der Waals surface area contributed by atoms with Crippen molar-refractivity contribution in [2.75, 3.05) is 26.2 Å². The third-order valence-electron chi connectivity index (χ3n) is 4.67. The fraction of sp³-hybridized carbons (Fsp3) is 0.941. The minimum atomic E-state index is -0.499. The molecule has 0 amide bonds. The molecule has 1 saturated heterocycles. The topological polar surface area (TPSA) is 41.6 Å². The molecule has 2 rings (SSSR count). The summed E-state index contributed by atoms with van der Waals surface area (Å²) in [4.78, 5) is 15.2. The first kappa shape index (κ1) is 16.8. The number of hydrogen-bond acceptors (Lipinski definition) is 4. The van der Waals surface area contributed by atoms with Crippen molar-refractivity contribution in [3.63, 3.8) is 0 Å². The summed E-state index contributed by atoms with van der Waals surface area (Å²) in [6.07, 6.45) is 4.83. The maximum Gasteiger partial charge on any atom is 0.327 e. The molecule has 1 aliphatic heterocycles. The quantitative estimate of drug-likeness (QED) is 0.733. The molecule has 0 radical (unpaired) electrons. The molecule has 21 heavy (non-hydrogen) atoms. The second-order valence-electron chi connectivity index (χ2n) is 7.25. The number of carbonyl (C=O) groups is 1. The number of hydrogen-bond donors (Lipinski definition) is 1. The number of nitrogens with zero attached hydrogens (tertiary/aromatic N) is 1. The van der Waals surface area contributed by atoms with E-state index in [9.17, 15) is 4.79 Å². The third kappa shape index (κ3) is 4.19. The number of carbonyl (C=O) groups excluding carboxylic acids is 1. The zero-order valence-corrected chi connectivity index (χ0v) is 14.2. The standard InChI is InChI=1S/C17H32N2O2/c1-5-21-16(20)17(15-8-9-15,18-13(2)3)12-19-10-6-7-14(4)11-19/h13-15,18H,5-12H2,1-4H3. The van der Waals surface area contributed by atoms with Crippen molar-refractivity contribution < 1.29 is 9.53 Å². The molecule has 2 atom stereocenters. The molecule has 0 aromatic heterocycles. The lowest BCUT2D eigenvalue weighted by Crippen LogP contribution is -2.63. The number of likely N-dealkylation sites (tertiary alicyclic amines) is 1. The van der Waals surface area contributed by atoms with E-state index in [0.717, 1.165) is 38.4 Å². The van der Waals surface area contributed by atoms with Gasteiger partial charge in [-0.05, 0) is 64.8 Å². The SMILES string of the molecule is CCOC(=O)C(CN1CCCC(C)C1)(NC(C)C)C1CC1. The average Bonchev–Trinajstić information content (AvgIpc) is 3.22. The second kappa shape index (κ2) is 7.10. The van der Waals surface area contributed by atoms with E-state index in [0.29, 0.717) is 12.5 Å². The van der Waals surface area contributed by atoms with Crippen LogP contribution in [0.2, 0.25) is 0 Å². The lowest BCUT2D eigenvalue weighted by molar-refractivity contribution is -0.154. The Morgan fingerprint density at radius 2 is 2.10 bits per heavy atom. The van der Waals surface area contributed by atoms with E-state index in [4.69, 9.17) is 4.74 Å². The fourth-order valence-electron chi connectivity index (χ4n) is 3.72. The van der Waals surface area contributed by atoms with Crippen LogP contribution in [-0.4, -0.2) is 48.7 Å². The van der Waals surface area contributed by atoms with Gasteiger partial charge >= 0.3 is 5.97 Å². The molecule has 0 aromatic carbocycles. The zero-order chi connectivity index (χ0) is 15.5. The van der Waals surface area contributed by atoms with Gasteiger partial charge in [0.1, 0.15) is 5.54 Å². The van der Waals surface area contributed by atoms with Crippen molar-refractivity contribution >= 4 is 5.97 Å². The molecule has 0 aromatic rings. The van der Waals surface area contributed by atoms with Crippen LogP contribution in [0.25, 0.3) is 0 Å². The Bertz CT molecular complexity index is 355. The van der Waals surface area contributed by atoms with Crippen LogP contribution in [0.5, 0.6) is 0 Å². The minimum Gasteiger partial charge on any atom is -0.465 e. The maximum atomic E-state index is 12.7. The normalized spacial score (nSPS) is 26.6. The number of rotatable bonds is 7. The summed E-state index contributed by atoms with van der Waals surface area (Å²) in [6.45, 7) is 11.9. The molecule has 122 valence electrons. The van der Waals surface area contributed by atoms with Crippen LogP contribution in [-0.2, 0) is 9.53 Å². The van der Waals surface area contributed by atoms with Gasteiger partial charge in [0.05, 0.1) is 6.61 Å². The van der Waals surface area contributed by atoms with E-state index in [1.54, 1.807) is 0 Å². The van der Waals surface area contributed by atoms with Gasteiger partial charge in [0, 0.05) is 19.1 Å². The number of esters is 1. The van der Waals surface area contributed by atoms with E-state index in [1.807, 2.05) is 6.92 Å². The monoisotopic (exact) mass is 296 g/mol. The molecule has 1 saturated carbocycles. The van der Waals surface area contributed by atoms with Crippen LogP contribution < -0.4 is 5.32 Å². The highest BCUT2D eigenvalue weighted by molar-refractivity contribution is 5.82. The van der Waals surface area contributed by atoms with E-state index >= 15 is 0 Å². The summed E-state index contributed by atoms with van der Waals surface area (Å²) in [7, 11) is 0. The molecule has 1 N–H and O–H groups in total. The fourth-order valence-corrected chi connectivity index (χ4v) is 3.72. The first-order valence-electron chi connectivity index (χ1n) is 8.65. The highest BCUT2D eigenvalue weighted by Crippen LogP contribution is 2.41. The number of piperidine rings is 1. The number of ether oxygens (including phenoxy) is 1.